The Hall–Kier alpha value is -1.67. The fourth-order valence-electron chi connectivity index (χ4n) is 1.61. The van der Waals surface area contributed by atoms with Crippen LogP contribution in [0.2, 0.25) is 0 Å². The number of aliphatic hydroxyl groups excluding tert-OH is 1. The van der Waals surface area contributed by atoms with Gasteiger partial charge in [0.2, 0.25) is 0 Å². The first-order chi connectivity index (χ1) is 9.16. The van der Waals surface area contributed by atoms with Gasteiger partial charge in [0.1, 0.15) is 4.90 Å². The number of rotatable bonds is 6. The number of nitrogens with zero attached hydrogens (tertiary/aromatic N) is 1. The van der Waals surface area contributed by atoms with Crippen molar-refractivity contribution in [1.82, 2.24) is 0 Å². The predicted molar refractivity (Wildman–Crippen MR) is 75.5 cm³/mol. The van der Waals surface area contributed by atoms with E-state index in [1.165, 1.54) is 12.1 Å². The van der Waals surface area contributed by atoms with Crippen molar-refractivity contribution in [2.24, 2.45) is 5.92 Å². The number of sulfone groups is 1. The molecule has 2 atom stereocenters. The van der Waals surface area contributed by atoms with Crippen molar-refractivity contribution in [2.45, 2.75) is 24.8 Å². The molecule has 8 heteroatoms. The second-order valence-electron chi connectivity index (χ2n) is 4.80. The summed E-state index contributed by atoms with van der Waals surface area (Å²) >= 11 is 0. The standard InChI is InChI=1S/C12H18N2O5S/c1-8(7-15)9(2)13-10-4-5-11(14(16)17)12(6-10)20(3,18)19/h4-6,8-9,13,15H,7H2,1-3H3. The molecule has 0 aromatic heterocycles. The second kappa shape index (κ2) is 6.19. The maximum atomic E-state index is 11.6. The molecule has 1 rings (SSSR count). The van der Waals surface area contributed by atoms with Gasteiger partial charge in [-0.2, -0.15) is 0 Å². The van der Waals surface area contributed by atoms with Crippen molar-refractivity contribution in [3.63, 3.8) is 0 Å². The Morgan fingerprint density at radius 2 is 2.00 bits per heavy atom. The van der Waals surface area contributed by atoms with E-state index in [2.05, 4.69) is 5.32 Å². The fraction of sp³-hybridized carbons (Fsp3) is 0.500. The summed E-state index contributed by atoms with van der Waals surface area (Å²) in [7, 11) is -3.69. The Balaban J connectivity index is 3.17. The van der Waals surface area contributed by atoms with Crippen molar-refractivity contribution in [3.8, 4) is 0 Å². The summed E-state index contributed by atoms with van der Waals surface area (Å²) in [6.45, 7) is 3.66. The highest BCUT2D eigenvalue weighted by Crippen LogP contribution is 2.27. The Labute approximate surface area is 117 Å². The van der Waals surface area contributed by atoms with Crippen LogP contribution in [-0.2, 0) is 9.84 Å². The molecule has 0 heterocycles. The number of nitro benzene ring substituents is 1. The highest BCUT2D eigenvalue weighted by Gasteiger charge is 2.23. The molecule has 0 aliphatic heterocycles. The van der Waals surface area contributed by atoms with E-state index in [1.54, 1.807) is 0 Å². The number of hydrogen-bond acceptors (Lipinski definition) is 6. The largest absolute Gasteiger partial charge is 0.396 e. The van der Waals surface area contributed by atoms with E-state index in [4.69, 9.17) is 5.11 Å². The van der Waals surface area contributed by atoms with Crippen LogP contribution in [0.1, 0.15) is 13.8 Å². The van der Waals surface area contributed by atoms with Gasteiger partial charge < -0.3 is 10.4 Å². The molecule has 112 valence electrons. The maximum Gasteiger partial charge on any atom is 0.288 e. The maximum absolute atomic E-state index is 11.6. The van der Waals surface area contributed by atoms with Crippen LogP contribution in [0.15, 0.2) is 23.1 Å². The number of nitro groups is 1. The smallest absolute Gasteiger partial charge is 0.288 e. The lowest BCUT2D eigenvalue weighted by Gasteiger charge is -2.20. The molecule has 7 nitrogen and oxygen atoms in total. The first kappa shape index (κ1) is 16.4. The predicted octanol–water partition coefficient (Wildman–Crippen LogP) is 1.43. The molecule has 0 aliphatic rings. The number of anilines is 1. The Kier molecular flexibility index (Phi) is 5.07. The van der Waals surface area contributed by atoms with Gasteiger partial charge in [0.15, 0.2) is 9.84 Å². The summed E-state index contributed by atoms with van der Waals surface area (Å²) in [5.41, 5.74) is 0.0183. The highest BCUT2D eigenvalue weighted by atomic mass is 32.2. The van der Waals surface area contributed by atoms with Crippen LogP contribution in [0.25, 0.3) is 0 Å². The zero-order valence-corrected chi connectivity index (χ0v) is 12.3. The molecule has 20 heavy (non-hydrogen) atoms. The molecule has 0 bridgehead atoms. The molecule has 2 N–H and O–H groups in total. The fourth-order valence-corrected chi connectivity index (χ4v) is 2.48. The van der Waals surface area contributed by atoms with Gasteiger partial charge in [-0.05, 0) is 25.0 Å². The van der Waals surface area contributed by atoms with Crippen molar-refractivity contribution in [2.75, 3.05) is 18.2 Å². The lowest BCUT2D eigenvalue weighted by atomic mass is 10.0. The first-order valence-electron chi connectivity index (χ1n) is 6.02. The van der Waals surface area contributed by atoms with Crippen LogP contribution >= 0.6 is 0 Å². The number of benzene rings is 1. The quantitative estimate of drug-likeness (QED) is 0.607. The van der Waals surface area contributed by atoms with Gasteiger partial charge in [-0.3, -0.25) is 10.1 Å². The van der Waals surface area contributed by atoms with Gasteiger partial charge in [0.25, 0.3) is 5.69 Å². The normalized spacial score (nSPS) is 14.6. The van der Waals surface area contributed by atoms with Crippen LogP contribution < -0.4 is 5.32 Å². The van der Waals surface area contributed by atoms with Gasteiger partial charge >= 0.3 is 0 Å². The Morgan fingerprint density at radius 3 is 2.45 bits per heavy atom. The molecule has 1 aromatic carbocycles. The van der Waals surface area contributed by atoms with E-state index in [0.29, 0.717) is 5.69 Å². The summed E-state index contributed by atoms with van der Waals surface area (Å²) in [6.07, 6.45) is 0.929. The number of nitrogens with one attached hydrogen (secondary N) is 1. The van der Waals surface area contributed by atoms with E-state index in [0.717, 1.165) is 12.3 Å². The third kappa shape index (κ3) is 3.91. The molecule has 0 aliphatic carbocycles. The van der Waals surface area contributed by atoms with E-state index in [-0.39, 0.29) is 23.5 Å². The summed E-state index contributed by atoms with van der Waals surface area (Å²) < 4.78 is 23.2. The first-order valence-corrected chi connectivity index (χ1v) is 7.92. The zero-order valence-electron chi connectivity index (χ0n) is 11.5. The lowest BCUT2D eigenvalue weighted by Crippen LogP contribution is -2.26. The third-order valence-electron chi connectivity index (χ3n) is 3.09. The van der Waals surface area contributed by atoms with Crippen LogP contribution in [-0.4, -0.2) is 37.4 Å². The molecular weight excluding hydrogens is 284 g/mol. The molecule has 2 unspecified atom stereocenters. The molecule has 0 saturated heterocycles. The van der Waals surface area contributed by atoms with Gasteiger partial charge in [0.05, 0.1) is 4.92 Å². The van der Waals surface area contributed by atoms with Gasteiger partial charge in [-0.25, -0.2) is 8.42 Å². The summed E-state index contributed by atoms with van der Waals surface area (Å²) in [6, 6.07) is 3.75. The van der Waals surface area contributed by atoms with Crippen molar-refractivity contribution >= 4 is 21.2 Å². The SMILES string of the molecule is CC(CO)C(C)Nc1ccc([N+](=O)[O-])c(S(C)(=O)=O)c1. The average molecular weight is 302 g/mol. The number of hydrogen-bond donors (Lipinski definition) is 2. The summed E-state index contributed by atoms with van der Waals surface area (Å²) in [5.74, 6) is -0.0353. The molecule has 1 aromatic rings. The minimum absolute atomic E-state index is 0.0138. The highest BCUT2D eigenvalue weighted by molar-refractivity contribution is 7.90. The van der Waals surface area contributed by atoms with Crippen LogP contribution in [0.4, 0.5) is 11.4 Å². The third-order valence-corrected chi connectivity index (χ3v) is 4.22. The molecule has 0 saturated carbocycles. The lowest BCUT2D eigenvalue weighted by molar-refractivity contribution is -0.387. The monoisotopic (exact) mass is 302 g/mol. The molecular formula is C12H18N2O5S. The van der Waals surface area contributed by atoms with Crippen LogP contribution in [0, 0.1) is 16.0 Å². The Bertz CT molecular complexity index is 600. The minimum atomic E-state index is -3.69. The van der Waals surface area contributed by atoms with Crippen molar-refractivity contribution < 1.29 is 18.4 Å². The van der Waals surface area contributed by atoms with Gasteiger partial charge in [-0.1, -0.05) is 6.92 Å². The molecule has 0 spiro atoms. The molecule has 0 fully saturated rings. The summed E-state index contributed by atoms with van der Waals surface area (Å²) in [5, 5.41) is 22.9. The van der Waals surface area contributed by atoms with Crippen LogP contribution in [0.5, 0.6) is 0 Å². The van der Waals surface area contributed by atoms with Crippen molar-refractivity contribution in [1.29, 1.82) is 0 Å². The topological polar surface area (TPSA) is 110 Å². The van der Waals surface area contributed by atoms with E-state index in [1.807, 2.05) is 13.8 Å². The van der Waals surface area contributed by atoms with Gasteiger partial charge in [0, 0.05) is 30.7 Å². The van der Waals surface area contributed by atoms with Gasteiger partial charge in [-0.15, -0.1) is 0 Å². The van der Waals surface area contributed by atoms with E-state index >= 15 is 0 Å². The molecule has 0 amide bonds. The number of aliphatic hydroxyl groups is 1. The van der Waals surface area contributed by atoms with E-state index in [9.17, 15) is 18.5 Å². The van der Waals surface area contributed by atoms with E-state index < -0.39 is 20.4 Å². The second-order valence-corrected chi connectivity index (χ2v) is 6.79. The summed E-state index contributed by atoms with van der Waals surface area (Å²) in [4.78, 5) is 9.80. The zero-order chi connectivity index (χ0) is 15.5. The minimum Gasteiger partial charge on any atom is -0.396 e. The Morgan fingerprint density at radius 1 is 1.40 bits per heavy atom. The average Bonchev–Trinajstić information content (AvgIpc) is 2.36. The molecule has 0 radical (unpaired) electrons. The van der Waals surface area contributed by atoms with Crippen molar-refractivity contribution in [3.05, 3.63) is 28.3 Å². The van der Waals surface area contributed by atoms with Crippen LogP contribution in [0.3, 0.4) is 0 Å².